The quantitative estimate of drug-likeness (QED) is 0.850. The van der Waals surface area contributed by atoms with Gasteiger partial charge in [0, 0.05) is 18.1 Å². The molecule has 1 saturated heterocycles. The number of nitrogens with zero attached hydrogens (tertiary/aromatic N) is 1. The number of hydrogen-bond donors (Lipinski definition) is 0. The van der Waals surface area contributed by atoms with Gasteiger partial charge >= 0.3 is 0 Å². The molecular formula is C14H17ClFNO3S. The molecule has 1 aliphatic rings. The zero-order chi connectivity index (χ0) is 15.5. The Morgan fingerprint density at radius 2 is 1.90 bits per heavy atom. The summed E-state index contributed by atoms with van der Waals surface area (Å²) in [5.41, 5.74) is 0.310. The average molecular weight is 334 g/mol. The highest BCUT2D eigenvalue weighted by molar-refractivity contribution is 7.91. The Kier molecular flexibility index (Phi) is 5.22. The number of benzene rings is 1. The van der Waals surface area contributed by atoms with Gasteiger partial charge < -0.3 is 4.90 Å². The van der Waals surface area contributed by atoms with E-state index in [-0.39, 0.29) is 16.7 Å². The molecule has 0 N–H and O–H groups in total. The van der Waals surface area contributed by atoms with Crippen LogP contribution in [0, 0.1) is 5.82 Å². The van der Waals surface area contributed by atoms with Crippen LogP contribution in [0.1, 0.15) is 24.8 Å². The molecule has 0 saturated carbocycles. The maximum atomic E-state index is 12.9. The minimum absolute atomic E-state index is 0.0593. The lowest BCUT2D eigenvalue weighted by Gasteiger charge is -2.26. The normalized spacial score (nSPS) is 16.0. The number of amides is 1. The molecule has 0 unspecified atom stereocenters. The summed E-state index contributed by atoms with van der Waals surface area (Å²) >= 11 is 5.82. The van der Waals surface area contributed by atoms with Crippen molar-refractivity contribution >= 4 is 27.3 Å². The second-order valence-corrected chi connectivity index (χ2v) is 7.68. The summed E-state index contributed by atoms with van der Waals surface area (Å²) in [4.78, 5) is 13.6. The van der Waals surface area contributed by atoms with Crippen molar-refractivity contribution < 1.29 is 17.6 Å². The van der Waals surface area contributed by atoms with Gasteiger partial charge in [-0.3, -0.25) is 4.79 Å². The third-order valence-corrected chi connectivity index (χ3v) is 5.23. The lowest BCUT2D eigenvalue weighted by molar-refractivity contribution is -0.129. The Morgan fingerprint density at radius 3 is 2.52 bits per heavy atom. The maximum absolute atomic E-state index is 12.9. The fourth-order valence-electron chi connectivity index (χ4n) is 2.35. The van der Waals surface area contributed by atoms with Crippen molar-refractivity contribution in [2.24, 2.45) is 0 Å². The van der Waals surface area contributed by atoms with E-state index in [0.29, 0.717) is 18.7 Å². The number of likely N-dealkylation sites (tertiary alicyclic amines) is 1. The van der Waals surface area contributed by atoms with Gasteiger partial charge in [0.05, 0.1) is 5.75 Å². The summed E-state index contributed by atoms with van der Waals surface area (Å²) < 4.78 is 37.1. The summed E-state index contributed by atoms with van der Waals surface area (Å²) in [5.74, 6) is -1.77. The largest absolute Gasteiger partial charge is 0.342 e. The van der Waals surface area contributed by atoms with E-state index in [1.165, 1.54) is 6.07 Å². The smallest absolute Gasteiger partial charge is 0.237 e. The van der Waals surface area contributed by atoms with Crippen molar-refractivity contribution in [3.63, 3.8) is 0 Å². The van der Waals surface area contributed by atoms with Crippen molar-refractivity contribution in [3.8, 4) is 0 Å². The van der Waals surface area contributed by atoms with Crippen molar-refractivity contribution in [2.45, 2.75) is 25.0 Å². The van der Waals surface area contributed by atoms with Crippen molar-refractivity contribution in [2.75, 3.05) is 18.8 Å². The van der Waals surface area contributed by atoms with Crippen LogP contribution >= 0.6 is 11.6 Å². The van der Waals surface area contributed by atoms with Crippen LogP contribution in [0.2, 0.25) is 5.02 Å². The number of hydrogen-bond acceptors (Lipinski definition) is 3. The van der Waals surface area contributed by atoms with Gasteiger partial charge in [-0.15, -0.1) is 0 Å². The van der Waals surface area contributed by atoms with E-state index >= 15 is 0 Å². The Labute approximate surface area is 128 Å². The number of carbonyl (C=O) groups excluding carboxylic acids is 1. The number of rotatable bonds is 4. The first kappa shape index (κ1) is 16.2. The summed E-state index contributed by atoms with van der Waals surface area (Å²) in [6.45, 7) is 1.23. The first-order chi connectivity index (χ1) is 9.87. The van der Waals surface area contributed by atoms with Crippen LogP contribution in [0.5, 0.6) is 0 Å². The van der Waals surface area contributed by atoms with Crippen LogP contribution in [0.15, 0.2) is 18.2 Å². The molecular weight excluding hydrogens is 317 g/mol. The van der Waals surface area contributed by atoms with E-state index < -0.39 is 21.4 Å². The maximum Gasteiger partial charge on any atom is 0.237 e. The van der Waals surface area contributed by atoms with Gasteiger partial charge in [-0.2, -0.15) is 0 Å². The molecule has 4 nitrogen and oxygen atoms in total. The molecule has 1 aromatic rings. The molecule has 2 rings (SSSR count). The van der Waals surface area contributed by atoms with Crippen molar-refractivity contribution in [1.29, 1.82) is 0 Å². The lowest BCUT2D eigenvalue weighted by Crippen LogP contribution is -2.39. The number of sulfone groups is 1. The van der Waals surface area contributed by atoms with Gasteiger partial charge in [0.25, 0.3) is 0 Å². The number of halogens is 2. The third kappa shape index (κ3) is 4.68. The molecule has 0 bridgehead atoms. The van der Waals surface area contributed by atoms with Crippen molar-refractivity contribution in [3.05, 3.63) is 34.6 Å². The van der Waals surface area contributed by atoms with Crippen LogP contribution in [-0.2, 0) is 20.4 Å². The molecule has 1 aromatic carbocycles. The Balaban J connectivity index is 2.02. The number of carbonyl (C=O) groups is 1. The van der Waals surface area contributed by atoms with Gasteiger partial charge in [-0.25, -0.2) is 12.8 Å². The molecule has 7 heteroatoms. The molecule has 1 aliphatic heterocycles. The van der Waals surface area contributed by atoms with E-state index in [1.54, 1.807) is 4.90 Å². The predicted octanol–water partition coefficient (Wildman–Crippen LogP) is 2.41. The average Bonchev–Trinajstić information content (AvgIpc) is 2.42. The SMILES string of the molecule is O=C(CS(=O)(=O)Cc1ccc(F)cc1Cl)N1CCCCC1. The van der Waals surface area contributed by atoms with E-state index in [9.17, 15) is 17.6 Å². The van der Waals surface area contributed by atoms with Crippen LogP contribution < -0.4 is 0 Å². The Hall–Kier alpha value is -1.14. The molecule has 0 atom stereocenters. The topological polar surface area (TPSA) is 54.5 Å². The van der Waals surface area contributed by atoms with E-state index in [0.717, 1.165) is 31.4 Å². The Morgan fingerprint density at radius 1 is 1.24 bits per heavy atom. The van der Waals surface area contributed by atoms with Gasteiger partial charge in [0.15, 0.2) is 9.84 Å². The Bertz CT molecular complexity index is 627. The van der Waals surface area contributed by atoms with Gasteiger partial charge in [0.2, 0.25) is 5.91 Å². The van der Waals surface area contributed by atoms with Gasteiger partial charge in [0.1, 0.15) is 11.6 Å². The summed E-state index contributed by atoms with van der Waals surface area (Å²) in [7, 11) is -3.62. The van der Waals surface area contributed by atoms with E-state index in [2.05, 4.69) is 0 Å². The highest BCUT2D eigenvalue weighted by atomic mass is 35.5. The number of piperidine rings is 1. The third-order valence-electron chi connectivity index (χ3n) is 3.44. The molecule has 0 aromatic heterocycles. The van der Waals surface area contributed by atoms with Crippen LogP contribution in [0.25, 0.3) is 0 Å². The van der Waals surface area contributed by atoms with Crippen LogP contribution in [-0.4, -0.2) is 38.1 Å². The fourth-order valence-corrected chi connectivity index (χ4v) is 4.05. The van der Waals surface area contributed by atoms with E-state index in [4.69, 9.17) is 11.6 Å². The fraction of sp³-hybridized carbons (Fsp3) is 0.500. The molecule has 1 amide bonds. The summed E-state index contributed by atoms with van der Waals surface area (Å²) in [6.07, 6.45) is 2.90. The van der Waals surface area contributed by atoms with Crippen LogP contribution in [0.4, 0.5) is 4.39 Å². The minimum Gasteiger partial charge on any atom is -0.342 e. The summed E-state index contributed by atoms with van der Waals surface area (Å²) in [6, 6.07) is 3.56. The molecule has 21 heavy (non-hydrogen) atoms. The molecule has 116 valence electrons. The first-order valence-corrected chi connectivity index (χ1v) is 8.99. The summed E-state index contributed by atoms with van der Waals surface area (Å²) in [5, 5.41) is 0.0593. The van der Waals surface area contributed by atoms with Crippen molar-refractivity contribution in [1.82, 2.24) is 4.90 Å². The van der Waals surface area contributed by atoms with E-state index in [1.807, 2.05) is 0 Å². The van der Waals surface area contributed by atoms with Gasteiger partial charge in [-0.1, -0.05) is 17.7 Å². The molecule has 0 aliphatic carbocycles. The zero-order valence-corrected chi connectivity index (χ0v) is 13.1. The molecule has 1 heterocycles. The lowest BCUT2D eigenvalue weighted by atomic mass is 10.1. The van der Waals surface area contributed by atoms with Crippen LogP contribution in [0.3, 0.4) is 0 Å². The predicted molar refractivity (Wildman–Crippen MR) is 79.3 cm³/mol. The highest BCUT2D eigenvalue weighted by Crippen LogP contribution is 2.20. The molecule has 0 radical (unpaired) electrons. The second kappa shape index (κ2) is 6.75. The monoisotopic (exact) mass is 333 g/mol. The zero-order valence-electron chi connectivity index (χ0n) is 11.5. The highest BCUT2D eigenvalue weighted by Gasteiger charge is 2.24. The minimum atomic E-state index is -3.62. The molecule has 1 fully saturated rings. The second-order valence-electron chi connectivity index (χ2n) is 5.21. The first-order valence-electron chi connectivity index (χ1n) is 6.79. The van der Waals surface area contributed by atoms with Gasteiger partial charge in [-0.05, 0) is 37.0 Å². The molecule has 0 spiro atoms. The standard InChI is InChI=1S/C14H17ClFNO3S/c15-13-8-12(16)5-4-11(13)9-21(19,20)10-14(18)17-6-2-1-3-7-17/h4-5,8H,1-3,6-7,9-10H2.